The van der Waals surface area contributed by atoms with Gasteiger partial charge in [0, 0.05) is 38.5 Å². The SMILES string of the molecule is CC(=O)Oc1cccc(C(=O)N2CCC(CNC(=O)CCc3ccc(F)cc3)CC2)c1. The van der Waals surface area contributed by atoms with E-state index in [-0.39, 0.29) is 17.6 Å². The van der Waals surface area contributed by atoms with E-state index in [2.05, 4.69) is 5.32 Å². The Labute approximate surface area is 181 Å². The summed E-state index contributed by atoms with van der Waals surface area (Å²) in [5.41, 5.74) is 1.42. The molecule has 1 fully saturated rings. The van der Waals surface area contributed by atoms with Crippen LogP contribution in [0.4, 0.5) is 4.39 Å². The van der Waals surface area contributed by atoms with Gasteiger partial charge < -0.3 is 15.0 Å². The van der Waals surface area contributed by atoms with Crippen LogP contribution in [0, 0.1) is 11.7 Å². The fourth-order valence-electron chi connectivity index (χ4n) is 3.64. The number of piperidine rings is 1. The van der Waals surface area contributed by atoms with Gasteiger partial charge in [0.2, 0.25) is 5.91 Å². The summed E-state index contributed by atoms with van der Waals surface area (Å²) in [5, 5.41) is 2.97. The highest BCUT2D eigenvalue weighted by molar-refractivity contribution is 5.94. The van der Waals surface area contributed by atoms with Crippen molar-refractivity contribution in [3.8, 4) is 5.75 Å². The predicted molar refractivity (Wildman–Crippen MR) is 114 cm³/mol. The molecule has 1 N–H and O–H groups in total. The highest BCUT2D eigenvalue weighted by Gasteiger charge is 2.24. The van der Waals surface area contributed by atoms with Gasteiger partial charge in [-0.25, -0.2) is 4.39 Å². The molecule has 0 saturated carbocycles. The first-order valence-electron chi connectivity index (χ1n) is 10.5. The Hall–Kier alpha value is -3.22. The van der Waals surface area contributed by atoms with E-state index in [0.717, 1.165) is 18.4 Å². The molecule has 6 nitrogen and oxygen atoms in total. The molecule has 2 aromatic rings. The van der Waals surface area contributed by atoms with Gasteiger partial charge in [0.05, 0.1) is 0 Å². The molecule has 164 valence electrons. The van der Waals surface area contributed by atoms with Crippen LogP contribution in [0.2, 0.25) is 0 Å². The van der Waals surface area contributed by atoms with Gasteiger partial charge in [0.25, 0.3) is 5.91 Å². The van der Waals surface area contributed by atoms with Gasteiger partial charge in [-0.1, -0.05) is 18.2 Å². The zero-order chi connectivity index (χ0) is 22.2. The molecule has 2 aromatic carbocycles. The van der Waals surface area contributed by atoms with E-state index < -0.39 is 5.97 Å². The van der Waals surface area contributed by atoms with Crippen molar-refractivity contribution in [2.24, 2.45) is 5.92 Å². The maximum atomic E-state index is 12.9. The topological polar surface area (TPSA) is 75.7 Å². The zero-order valence-corrected chi connectivity index (χ0v) is 17.6. The number of benzene rings is 2. The number of hydrogen-bond donors (Lipinski definition) is 1. The summed E-state index contributed by atoms with van der Waals surface area (Å²) in [6.45, 7) is 3.15. The Kier molecular flexibility index (Phi) is 7.76. The molecule has 31 heavy (non-hydrogen) atoms. The minimum Gasteiger partial charge on any atom is -0.427 e. The zero-order valence-electron chi connectivity index (χ0n) is 17.6. The number of carbonyl (C=O) groups is 3. The highest BCUT2D eigenvalue weighted by Crippen LogP contribution is 2.21. The number of nitrogens with one attached hydrogen (secondary N) is 1. The maximum absolute atomic E-state index is 12.9. The minimum absolute atomic E-state index is 0.0230. The molecule has 0 aromatic heterocycles. The van der Waals surface area contributed by atoms with Gasteiger partial charge in [-0.05, 0) is 61.1 Å². The molecule has 0 radical (unpaired) electrons. The van der Waals surface area contributed by atoms with Gasteiger partial charge in [0.1, 0.15) is 11.6 Å². The summed E-state index contributed by atoms with van der Waals surface area (Å²) in [6.07, 6.45) is 2.56. The van der Waals surface area contributed by atoms with Crippen molar-refractivity contribution in [2.75, 3.05) is 19.6 Å². The number of amides is 2. The standard InChI is InChI=1S/C24H27FN2O4/c1-17(28)31-22-4-2-3-20(15-22)24(30)27-13-11-19(12-14-27)16-26-23(29)10-7-18-5-8-21(25)9-6-18/h2-6,8-9,15,19H,7,10-14,16H2,1H3,(H,26,29). The number of nitrogens with zero attached hydrogens (tertiary/aromatic N) is 1. The van der Waals surface area contributed by atoms with E-state index in [1.165, 1.54) is 19.1 Å². The largest absolute Gasteiger partial charge is 0.427 e. The van der Waals surface area contributed by atoms with Crippen LogP contribution in [0.1, 0.15) is 42.1 Å². The molecular weight excluding hydrogens is 399 g/mol. The number of halogens is 1. The Morgan fingerprint density at radius 1 is 1.10 bits per heavy atom. The molecule has 0 aliphatic carbocycles. The monoisotopic (exact) mass is 426 g/mol. The number of hydrogen-bond acceptors (Lipinski definition) is 4. The third-order valence-corrected chi connectivity index (χ3v) is 5.39. The van der Waals surface area contributed by atoms with Gasteiger partial charge in [-0.2, -0.15) is 0 Å². The first-order valence-corrected chi connectivity index (χ1v) is 10.5. The van der Waals surface area contributed by atoms with Crippen molar-refractivity contribution in [1.82, 2.24) is 10.2 Å². The van der Waals surface area contributed by atoms with Gasteiger partial charge in [-0.3, -0.25) is 14.4 Å². The summed E-state index contributed by atoms with van der Waals surface area (Å²) >= 11 is 0. The molecular formula is C24H27FN2O4. The second-order valence-electron chi connectivity index (χ2n) is 7.79. The summed E-state index contributed by atoms with van der Waals surface area (Å²) in [6, 6.07) is 12.8. The fourth-order valence-corrected chi connectivity index (χ4v) is 3.64. The number of ether oxygens (including phenoxy) is 1. The van der Waals surface area contributed by atoms with Gasteiger partial charge >= 0.3 is 5.97 Å². The van der Waals surface area contributed by atoms with Gasteiger partial charge in [0.15, 0.2) is 0 Å². The number of carbonyl (C=O) groups excluding carboxylic acids is 3. The number of esters is 1. The number of aryl methyl sites for hydroxylation is 1. The molecule has 1 heterocycles. The smallest absolute Gasteiger partial charge is 0.308 e. The first-order chi connectivity index (χ1) is 14.9. The Balaban J connectivity index is 1.40. The molecule has 1 aliphatic rings. The summed E-state index contributed by atoms with van der Waals surface area (Å²) in [7, 11) is 0. The summed E-state index contributed by atoms with van der Waals surface area (Å²) < 4.78 is 18.0. The lowest BCUT2D eigenvalue weighted by molar-refractivity contribution is -0.131. The van der Waals surface area contributed by atoms with Crippen LogP contribution in [0.3, 0.4) is 0 Å². The first kappa shape index (κ1) is 22.5. The lowest BCUT2D eigenvalue weighted by Crippen LogP contribution is -2.41. The molecule has 0 unspecified atom stereocenters. The second-order valence-corrected chi connectivity index (χ2v) is 7.79. The van der Waals surface area contributed by atoms with Crippen LogP contribution >= 0.6 is 0 Å². The normalized spacial score (nSPS) is 14.2. The summed E-state index contributed by atoms with van der Waals surface area (Å²) in [4.78, 5) is 37.7. The average molecular weight is 426 g/mol. The van der Waals surface area contributed by atoms with Crippen LogP contribution in [-0.2, 0) is 16.0 Å². The van der Waals surface area contributed by atoms with E-state index in [9.17, 15) is 18.8 Å². The molecule has 3 rings (SSSR count). The fraction of sp³-hybridized carbons (Fsp3) is 0.375. The predicted octanol–water partition coefficient (Wildman–Crippen LogP) is 3.35. The van der Waals surface area contributed by atoms with Crippen molar-refractivity contribution in [3.05, 3.63) is 65.5 Å². The van der Waals surface area contributed by atoms with Crippen molar-refractivity contribution in [3.63, 3.8) is 0 Å². The maximum Gasteiger partial charge on any atom is 0.308 e. The lowest BCUT2D eigenvalue weighted by Gasteiger charge is -2.32. The lowest BCUT2D eigenvalue weighted by atomic mass is 9.96. The summed E-state index contributed by atoms with van der Waals surface area (Å²) in [5.74, 6) is -0.135. The number of likely N-dealkylation sites (tertiary alicyclic amines) is 1. The van der Waals surface area contributed by atoms with E-state index in [1.807, 2.05) is 0 Å². The van der Waals surface area contributed by atoms with Crippen molar-refractivity contribution in [2.45, 2.75) is 32.6 Å². The van der Waals surface area contributed by atoms with E-state index in [1.54, 1.807) is 41.3 Å². The van der Waals surface area contributed by atoms with E-state index >= 15 is 0 Å². The Bertz CT molecular complexity index is 921. The van der Waals surface area contributed by atoms with Crippen molar-refractivity contribution in [1.29, 1.82) is 0 Å². The average Bonchev–Trinajstić information content (AvgIpc) is 2.77. The molecule has 0 atom stereocenters. The highest BCUT2D eigenvalue weighted by atomic mass is 19.1. The van der Waals surface area contributed by atoms with Gasteiger partial charge in [-0.15, -0.1) is 0 Å². The number of rotatable bonds is 7. The van der Waals surface area contributed by atoms with E-state index in [0.29, 0.717) is 49.7 Å². The molecule has 7 heteroatoms. The molecule has 0 spiro atoms. The third kappa shape index (κ3) is 6.91. The van der Waals surface area contributed by atoms with E-state index in [4.69, 9.17) is 4.74 Å². The Morgan fingerprint density at radius 3 is 2.48 bits per heavy atom. The quantitative estimate of drug-likeness (QED) is 0.544. The Morgan fingerprint density at radius 2 is 1.81 bits per heavy atom. The van der Waals surface area contributed by atoms with Crippen LogP contribution < -0.4 is 10.1 Å². The molecule has 2 amide bonds. The molecule has 1 aliphatic heterocycles. The van der Waals surface area contributed by atoms with Crippen molar-refractivity contribution < 1.29 is 23.5 Å². The van der Waals surface area contributed by atoms with Crippen LogP contribution in [0.5, 0.6) is 5.75 Å². The second kappa shape index (κ2) is 10.7. The minimum atomic E-state index is -0.426. The molecule has 0 bridgehead atoms. The molecule has 1 saturated heterocycles. The van der Waals surface area contributed by atoms with Crippen LogP contribution in [0.15, 0.2) is 48.5 Å². The third-order valence-electron chi connectivity index (χ3n) is 5.39. The van der Waals surface area contributed by atoms with Crippen molar-refractivity contribution >= 4 is 17.8 Å². The van der Waals surface area contributed by atoms with Crippen LogP contribution in [-0.4, -0.2) is 42.3 Å². The van der Waals surface area contributed by atoms with Crippen LogP contribution in [0.25, 0.3) is 0 Å².